The Hall–Kier alpha value is 1.23. The van der Waals surface area contributed by atoms with Crippen LogP contribution in [0.5, 0.6) is 0 Å². The van der Waals surface area contributed by atoms with Crippen molar-refractivity contribution in [2.45, 2.75) is 9.88 Å². The van der Waals surface area contributed by atoms with Crippen molar-refractivity contribution >= 4 is 31.0 Å². The van der Waals surface area contributed by atoms with E-state index in [0.717, 1.165) is 0 Å². The van der Waals surface area contributed by atoms with E-state index in [1.54, 1.807) is 0 Å². The van der Waals surface area contributed by atoms with E-state index < -0.39 is 0 Å². The molecule has 0 rings (SSSR count). The zero-order valence-electron chi connectivity index (χ0n) is 3.28. The van der Waals surface area contributed by atoms with E-state index in [1.165, 1.54) is 0 Å². The second kappa shape index (κ2) is 8.87. The fraction of sp³-hybridized carbons (Fsp3) is 1.00. The molecule has 1 unspecified atom stereocenters. The minimum atomic E-state index is 0. The molecule has 0 saturated carbocycles. The van der Waals surface area contributed by atoms with Crippen molar-refractivity contribution in [3.63, 3.8) is 0 Å². The molecule has 1 radical (unpaired) electrons. The summed E-state index contributed by atoms with van der Waals surface area (Å²) in [7, 11) is 0. The summed E-state index contributed by atoms with van der Waals surface area (Å²) >= 11 is 0.110. The van der Waals surface area contributed by atoms with Gasteiger partial charge in [0.15, 0.2) is 0 Å². The van der Waals surface area contributed by atoms with Crippen molar-refractivity contribution in [1.82, 2.24) is 0 Å². The van der Waals surface area contributed by atoms with Crippen LogP contribution in [-0.4, -0.2) is 21.1 Å². The Balaban J connectivity index is 0. The van der Waals surface area contributed by atoms with Crippen molar-refractivity contribution in [3.8, 4) is 0 Å². The third kappa shape index (κ3) is 10.6. The fourth-order valence-electron chi connectivity index (χ4n) is 0. The Morgan fingerprint density at radius 2 is 1.25 bits per heavy atom. The Kier molecular flexibility index (Phi) is 19.9. The average molecular weight is 184 g/mol. The van der Waals surface area contributed by atoms with Gasteiger partial charge in [0, 0.05) is 0 Å². The molecule has 0 aliphatic rings. The van der Waals surface area contributed by atoms with Crippen LogP contribution in [0.3, 0.4) is 0 Å². The monoisotopic (exact) mass is 185 g/mol. The van der Waals surface area contributed by atoms with E-state index in [9.17, 15) is 0 Å². The van der Waals surface area contributed by atoms with Crippen LogP contribution in [0.4, 0.5) is 0 Å². The van der Waals surface area contributed by atoms with E-state index in [1.807, 2.05) is 0 Å². The van der Waals surface area contributed by atoms with Crippen molar-refractivity contribution in [1.29, 1.82) is 0 Å². The molecule has 0 bridgehead atoms. The van der Waals surface area contributed by atoms with Crippen molar-refractivity contribution < 1.29 is 0 Å². The van der Waals surface area contributed by atoms with Gasteiger partial charge in [0.1, 0.15) is 0 Å². The number of hydrogen-bond donors (Lipinski definition) is 0. The van der Waals surface area contributed by atoms with Gasteiger partial charge in [-0.15, -0.1) is 0 Å². The predicted octanol–water partition coefficient (Wildman–Crippen LogP) is 0.577. The first kappa shape index (κ1) is 8.97. The summed E-state index contributed by atoms with van der Waals surface area (Å²) in [6, 6.07) is 0. The van der Waals surface area contributed by atoms with E-state index >= 15 is 0 Å². The van der Waals surface area contributed by atoms with E-state index in [-0.39, 0.29) is 31.0 Å². The standard InChI is InChI=1S/2CH3.H3P.Sn.H/h3*1H3;;. The molecule has 0 fully saturated rings. The third-order valence-corrected chi connectivity index (χ3v) is 0. The van der Waals surface area contributed by atoms with Gasteiger partial charge < -0.3 is 0 Å². The summed E-state index contributed by atoms with van der Waals surface area (Å²) in [5.41, 5.74) is 0. The third-order valence-electron chi connectivity index (χ3n) is 0. The van der Waals surface area contributed by atoms with Crippen LogP contribution in [-0.2, 0) is 0 Å². The molecule has 0 spiro atoms. The number of rotatable bonds is 0. The summed E-state index contributed by atoms with van der Waals surface area (Å²) in [6.45, 7) is 0. The maximum atomic E-state index is 2.32. The van der Waals surface area contributed by atoms with Gasteiger partial charge in [-0.3, -0.25) is 0 Å². The van der Waals surface area contributed by atoms with Crippen LogP contribution >= 0.6 is 9.90 Å². The zero-order chi connectivity index (χ0) is 2.71. The predicted molar refractivity (Wildman–Crippen MR) is 30.0 cm³/mol. The van der Waals surface area contributed by atoms with Crippen LogP contribution in [0.15, 0.2) is 0 Å². The molecule has 1 atom stereocenters. The second-order valence-electron chi connectivity index (χ2n) is 0.577. The Morgan fingerprint density at radius 1 is 1.25 bits per heavy atom. The van der Waals surface area contributed by atoms with Gasteiger partial charge in [-0.25, -0.2) is 0 Å². The molecule has 2 heteroatoms. The Morgan fingerprint density at radius 3 is 1.25 bits per heavy atom. The quantitative estimate of drug-likeness (QED) is 0.381. The number of hydrogen-bond acceptors (Lipinski definition) is 0. The van der Waals surface area contributed by atoms with Crippen molar-refractivity contribution in [2.24, 2.45) is 0 Å². The maximum absolute atomic E-state index is 2.32. The van der Waals surface area contributed by atoms with Crippen LogP contribution < -0.4 is 0 Å². The molecule has 0 amide bonds. The van der Waals surface area contributed by atoms with Gasteiger partial charge >= 0.3 is 31.0 Å². The zero-order valence-corrected chi connectivity index (χ0v) is 7.99. The summed E-state index contributed by atoms with van der Waals surface area (Å²) in [5.74, 6) is 0. The van der Waals surface area contributed by atoms with Gasteiger partial charge in [0.25, 0.3) is 0 Å². The first-order valence-corrected chi connectivity index (χ1v) is 7.75. The van der Waals surface area contributed by atoms with Crippen LogP contribution in [0, 0.1) is 0 Å². The SMILES string of the molecule is P.[CH3][SnH][CH3]. The van der Waals surface area contributed by atoms with Crippen molar-refractivity contribution in [3.05, 3.63) is 0 Å². The molecule has 0 saturated heterocycles. The Bertz CT molecular complexity index is 6.00. The fourth-order valence-corrected chi connectivity index (χ4v) is 0. The topological polar surface area (TPSA) is 0 Å². The average Bonchev–Trinajstić information content (AvgIpc) is 0.918. The van der Waals surface area contributed by atoms with Crippen LogP contribution in [0.2, 0.25) is 9.88 Å². The molecule has 0 N–H and O–H groups in total. The molecule has 27 valence electrons. The molecule has 0 aromatic rings. The van der Waals surface area contributed by atoms with Crippen LogP contribution in [0.1, 0.15) is 0 Å². The molecular formula is C2H10PSn. The summed E-state index contributed by atoms with van der Waals surface area (Å²) in [4.78, 5) is 4.63. The van der Waals surface area contributed by atoms with E-state index in [0.29, 0.717) is 0 Å². The molecule has 0 aliphatic heterocycles. The molecular weight excluding hydrogens is 174 g/mol. The summed E-state index contributed by atoms with van der Waals surface area (Å²) in [5, 5.41) is 0. The Labute approximate surface area is 41.2 Å². The summed E-state index contributed by atoms with van der Waals surface area (Å²) < 4.78 is 0. The normalized spacial score (nSPS) is 4.50. The minimum absolute atomic E-state index is 0. The molecule has 0 heterocycles. The molecule has 0 aromatic heterocycles. The van der Waals surface area contributed by atoms with E-state index in [4.69, 9.17) is 0 Å². The van der Waals surface area contributed by atoms with Gasteiger partial charge in [0.2, 0.25) is 0 Å². The van der Waals surface area contributed by atoms with Gasteiger partial charge in [-0.2, -0.15) is 9.90 Å². The van der Waals surface area contributed by atoms with E-state index in [2.05, 4.69) is 9.88 Å². The van der Waals surface area contributed by atoms with Crippen molar-refractivity contribution in [2.75, 3.05) is 0 Å². The van der Waals surface area contributed by atoms with Gasteiger partial charge in [-0.05, 0) is 0 Å². The first-order chi connectivity index (χ1) is 1.41. The first-order valence-electron chi connectivity index (χ1n) is 1.15. The van der Waals surface area contributed by atoms with Gasteiger partial charge in [0.05, 0.1) is 0 Å². The van der Waals surface area contributed by atoms with Gasteiger partial charge in [-0.1, -0.05) is 0 Å². The summed E-state index contributed by atoms with van der Waals surface area (Å²) in [6.07, 6.45) is 0. The second-order valence-corrected chi connectivity index (χ2v) is 3.87. The molecule has 0 aliphatic carbocycles. The molecule has 0 nitrogen and oxygen atoms in total. The molecule has 0 aromatic carbocycles. The van der Waals surface area contributed by atoms with Crippen LogP contribution in [0.25, 0.3) is 0 Å². The molecule has 4 heavy (non-hydrogen) atoms.